The molecule has 1 saturated heterocycles. The summed E-state index contributed by atoms with van der Waals surface area (Å²) in [4.78, 5) is 6.29. The van der Waals surface area contributed by atoms with Crippen molar-refractivity contribution in [2.24, 2.45) is 0 Å². The second kappa shape index (κ2) is 6.91. The van der Waals surface area contributed by atoms with Gasteiger partial charge in [0.05, 0.1) is 5.02 Å². The molecule has 21 heavy (non-hydrogen) atoms. The molecule has 6 nitrogen and oxygen atoms in total. The summed E-state index contributed by atoms with van der Waals surface area (Å²) in [5.41, 5.74) is 0. The normalized spacial score (nSPS) is 19.9. The van der Waals surface area contributed by atoms with Crippen LogP contribution in [0.5, 0.6) is 0 Å². The van der Waals surface area contributed by atoms with Gasteiger partial charge in [-0.3, -0.25) is 0 Å². The predicted molar refractivity (Wildman–Crippen MR) is 84.3 cm³/mol. The predicted octanol–water partition coefficient (Wildman–Crippen LogP) is 1.54. The lowest BCUT2D eigenvalue weighted by atomic mass is 10.3. The molecule has 8 heteroatoms. The largest absolute Gasteiger partial charge is 0.369 e. The van der Waals surface area contributed by atoms with Crippen LogP contribution in [0.15, 0.2) is 17.2 Å². The Morgan fingerprint density at radius 1 is 1.52 bits per heavy atom. The number of sulfonamides is 1. The molecule has 118 valence electrons. The first-order chi connectivity index (χ1) is 9.92. The van der Waals surface area contributed by atoms with E-state index in [0.717, 1.165) is 32.5 Å². The molecule has 1 aromatic heterocycles. The number of rotatable bonds is 6. The van der Waals surface area contributed by atoms with Gasteiger partial charge in [0.25, 0.3) is 0 Å². The summed E-state index contributed by atoms with van der Waals surface area (Å²) in [5.74, 6) is 0.512. The summed E-state index contributed by atoms with van der Waals surface area (Å²) in [7, 11) is -1.61. The van der Waals surface area contributed by atoms with Crippen molar-refractivity contribution in [3.63, 3.8) is 0 Å². The van der Waals surface area contributed by atoms with Crippen LogP contribution in [0.25, 0.3) is 0 Å². The Morgan fingerprint density at radius 3 is 2.86 bits per heavy atom. The van der Waals surface area contributed by atoms with E-state index >= 15 is 0 Å². The maximum Gasteiger partial charge on any atom is 0.242 e. The van der Waals surface area contributed by atoms with Crippen LogP contribution in [0.4, 0.5) is 5.82 Å². The maximum absolute atomic E-state index is 12.3. The van der Waals surface area contributed by atoms with Gasteiger partial charge in [-0.25, -0.2) is 18.1 Å². The Balaban J connectivity index is 2.11. The minimum atomic E-state index is -3.58. The van der Waals surface area contributed by atoms with Crippen LogP contribution in [0.3, 0.4) is 0 Å². The summed E-state index contributed by atoms with van der Waals surface area (Å²) in [6.45, 7) is 4.39. The number of pyridine rings is 1. The van der Waals surface area contributed by atoms with Crippen LogP contribution in [0, 0.1) is 0 Å². The van der Waals surface area contributed by atoms with Crippen molar-refractivity contribution >= 4 is 27.4 Å². The molecule has 0 saturated carbocycles. The highest BCUT2D eigenvalue weighted by atomic mass is 35.5. The lowest BCUT2D eigenvalue weighted by Crippen LogP contribution is -2.36. The van der Waals surface area contributed by atoms with E-state index in [1.807, 2.05) is 14.0 Å². The van der Waals surface area contributed by atoms with Crippen molar-refractivity contribution in [3.05, 3.63) is 17.3 Å². The van der Waals surface area contributed by atoms with Gasteiger partial charge in [0.2, 0.25) is 10.0 Å². The van der Waals surface area contributed by atoms with Crippen molar-refractivity contribution < 1.29 is 8.42 Å². The number of hydrogen-bond acceptors (Lipinski definition) is 5. The molecule has 0 radical (unpaired) electrons. The molecule has 1 atom stereocenters. The molecule has 1 aromatic rings. The fourth-order valence-electron chi connectivity index (χ4n) is 2.26. The van der Waals surface area contributed by atoms with E-state index in [9.17, 15) is 8.42 Å². The van der Waals surface area contributed by atoms with Gasteiger partial charge in [-0.1, -0.05) is 18.5 Å². The fraction of sp³-hybridized carbons (Fsp3) is 0.615. The van der Waals surface area contributed by atoms with E-state index in [-0.39, 0.29) is 10.9 Å². The van der Waals surface area contributed by atoms with Crippen molar-refractivity contribution in [1.82, 2.24) is 14.6 Å². The molecular weight excluding hydrogens is 312 g/mol. The molecule has 2 heterocycles. The maximum atomic E-state index is 12.3. The van der Waals surface area contributed by atoms with Crippen LogP contribution in [-0.2, 0) is 10.0 Å². The number of likely N-dealkylation sites (N-methyl/N-ethyl adjacent to an activating group) is 1. The van der Waals surface area contributed by atoms with Crippen molar-refractivity contribution in [3.8, 4) is 0 Å². The number of hydrogen-bond donors (Lipinski definition) is 2. The van der Waals surface area contributed by atoms with Crippen LogP contribution in [-0.4, -0.2) is 51.0 Å². The van der Waals surface area contributed by atoms with Crippen LogP contribution < -0.4 is 10.0 Å². The highest BCUT2D eigenvalue weighted by Gasteiger charge is 2.26. The van der Waals surface area contributed by atoms with Gasteiger partial charge < -0.3 is 10.2 Å². The molecule has 0 spiro atoms. The van der Waals surface area contributed by atoms with Crippen molar-refractivity contribution in [2.75, 3.05) is 32.0 Å². The van der Waals surface area contributed by atoms with Gasteiger partial charge in [-0.15, -0.1) is 0 Å². The Hall–Kier alpha value is -0.890. The number of likely N-dealkylation sites (tertiary alicyclic amines) is 1. The lowest BCUT2D eigenvalue weighted by molar-refractivity contribution is 0.407. The monoisotopic (exact) mass is 332 g/mol. The number of halogens is 1. The molecule has 1 fully saturated rings. The Labute approximate surface area is 130 Å². The Morgan fingerprint density at radius 2 is 2.29 bits per heavy atom. The molecule has 1 aliphatic rings. The third-order valence-electron chi connectivity index (χ3n) is 3.38. The van der Waals surface area contributed by atoms with Gasteiger partial charge in [0.1, 0.15) is 10.7 Å². The smallest absolute Gasteiger partial charge is 0.242 e. The van der Waals surface area contributed by atoms with E-state index in [1.165, 1.54) is 12.3 Å². The van der Waals surface area contributed by atoms with Crippen molar-refractivity contribution in [1.29, 1.82) is 0 Å². The Kier molecular flexibility index (Phi) is 5.43. The van der Waals surface area contributed by atoms with Gasteiger partial charge in [0.15, 0.2) is 0 Å². The van der Waals surface area contributed by atoms with Gasteiger partial charge in [-0.05, 0) is 32.5 Å². The highest BCUT2D eigenvalue weighted by molar-refractivity contribution is 7.89. The SMILES string of the molecule is CCCNc1ncc(S(=O)(=O)NC2CCN(C)C2)cc1Cl. The standard InChI is InChI=1S/C13H21ClN4O2S/c1-3-5-15-13-12(14)7-11(8-16-13)21(19,20)17-10-4-6-18(2)9-10/h7-8,10,17H,3-6,9H2,1-2H3,(H,15,16). The summed E-state index contributed by atoms with van der Waals surface area (Å²) < 4.78 is 27.4. The molecule has 1 unspecified atom stereocenters. The number of anilines is 1. The lowest BCUT2D eigenvalue weighted by Gasteiger charge is -2.14. The first-order valence-corrected chi connectivity index (χ1v) is 8.89. The zero-order valence-corrected chi connectivity index (χ0v) is 13.8. The number of nitrogens with zero attached hydrogens (tertiary/aromatic N) is 2. The second-order valence-corrected chi connectivity index (χ2v) is 7.42. The second-order valence-electron chi connectivity index (χ2n) is 5.30. The molecule has 2 rings (SSSR count). The third kappa shape index (κ3) is 4.29. The highest BCUT2D eigenvalue weighted by Crippen LogP contribution is 2.23. The van der Waals surface area contributed by atoms with E-state index < -0.39 is 10.0 Å². The molecular formula is C13H21ClN4O2S. The third-order valence-corrected chi connectivity index (χ3v) is 5.16. The minimum Gasteiger partial charge on any atom is -0.369 e. The Bertz CT molecular complexity index is 594. The summed E-state index contributed by atoms with van der Waals surface area (Å²) in [6, 6.07) is 1.38. The summed E-state index contributed by atoms with van der Waals surface area (Å²) in [6.07, 6.45) is 3.09. The average Bonchev–Trinajstić information content (AvgIpc) is 2.82. The topological polar surface area (TPSA) is 74.3 Å². The first kappa shape index (κ1) is 16.5. The molecule has 1 aliphatic heterocycles. The van der Waals surface area contributed by atoms with Gasteiger partial charge >= 0.3 is 0 Å². The van der Waals surface area contributed by atoms with E-state index in [2.05, 4.69) is 19.9 Å². The quantitative estimate of drug-likeness (QED) is 0.826. The van der Waals surface area contributed by atoms with Gasteiger partial charge in [-0.2, -0.15) is 0 Å². The summed E-state index contributed by atoms with van der Waals surface area (Å²) >= 11 is 6.09. The molecule has 0 aromatic carbocycles. The molecule has 0 aliphatic carbocycles. The molecule has 0 bridgehead atoms. The van der Waals surface area contributed by atoms with Crippen LogP contribution >= 0.6 is 11.6 Å². The van der Waals surface area contributed by atoms with E-state index in [4.69, 9.17) is 11.6 Å². The van der Waals surface area contributed by atoms with Crippen molar-refractivity contribution in [2.45, 2.75) is 30.7 Å². The zero-order valence-electron chi connectivity index (χ0n) is 12.3. The average molecular weight is 333 g/mol. The zero-order chi connectivity index (χ0) is 15.5. The number of aromatic nitrogens is 1. The number of nitrogens with one attached hydrogen (secondary N) is 2. The van der Waals surface area contributed by atoms with Crippen LogP contribution in [0.2, 0.25) is 5.02 Å². The molecule has 0 amide bonds. The van der Waals surface area contributed by atoms with E-state index in [0.29, 0.717) is 10.8 Å². The first-order valence-electron chi connectivity index (χ1n) is 7.02. The van der Waals surface area contributed by atoms with Crippen LogP contribution in [0.1, 0.15) is 19.8 Å². The molecule has 2 N–H and O–H groups in total. The fourth-order valence-corrected chi connectivity index (χ4v) is 3.79. The van der Waals surface area contributed by atoms with Gasteiger partial charge in [0, 0.05) is 25.3 Å². The van der Waals surface area contributed by atoms with E-state index in [1.54, 1.807) is 0 Å². The minimum absolute atomic E-state index is 0.0586. The summed E-state index contributed by atoms with van der Waals surface area (Å²) in [5, 5.41) is 3.37.